The molecule has 0 N–H and O–H groups in total. The van der Waals surface area contributed by atoms with E-state index in [4.69, 9.17) is 0 Å². The van der Waals surface area contributed by atoms with Gasteiger partial charge in [0.2, 0.25) is 0 Å². The Balaban J connectivity index is 3.93. The van der Waals surface area contributed by atoms with Crippen LogP contribution in [0.15, 0.2) is 10.2 Å². The SMILES string of the molecule is CN=NC(C)CS(C)(=O)=O. The van der Waals surface area contributed by atoms with Crippen LogP contribution < -0.4 is 0 Å². The summed E-state index contributed by atoms with van der Waals surface area (Å²) in [5, 5.41) is 7.14. The van der Waals surface area contributed by atoms with E-state index in [-0.39, 0.29) is 11.8 Å². The molecule has 0 aliphatic carbocycles. The van der Waals surface area contributed by atoms with Gasteiger partial charge in [-0.2, -0.15) is 10.2 Å². The lowest BCUT2D eigenvalue weighted by Crippen LogP contribution is -2.14. The molecule has 0 aromatic heterocycles. The summed E-state index contributed by atoms with van der Waals surface area (Å²) in [5.74, 6) is 0.0737. The summed E-state index contributed by atoms with van der Waals surface area (Å²) in [4.78, 5) is 0. The van der Waals surface area contributed by atoms with Crippen molar-refractivity contribution in [3.63, 3.8) is 0 Å². The maximum atomic E-state index is 10.6. The van der Waals surface area contributed by atoms with Crippen LogP contribution in [-0.2, 0) is 9.84 Å². The van der Waals surface area contributed by atoms with E-state index >= 15 is 0 Å². The second kappa shape index (κ2) is 3.65. The molecule has 10 heavy (non-hydrogen) atoms. The molecule has 0 heterocycles. The first-order valence-electron chi connectivity index (χ1n) is 2.92. The fraction of sp³-hybridized carbons (Fsp3) is 1.00. The van der Waals surface area contributed by atoms with E-state index in [1.165, 1.54) is 13.3 Å². The average Bonchev–Trinajstić information content (AvgIpc) is 1.59. The molecule has 1 unspecified atom stereocenters. The monoisotopic (exact) mass is 164 g/mol. The Bertz CT molecular complexity index is 208. The maximum Gasteiger partial charge on any atom is 0.149 e. The fourth-order valence-corrected chi connectivity index (χ4v) is 1.61. The van der Waals surface area contributed by atoms with Crippen LogP contribution in [0.3, 0.4) is 0 Å². The lowest BCUT2D eigenvalue weighted by molar-refractivity contribution is 0.594. The molecule has 0 rings (SSSR count). The summed E-state index contributed by atoms with van der Waals surface area (Å²) in [6.45, 7) is 1.72. The summed E-state index contributed by atoms with van der Waals surface area (Å²) >= 11 is 0. The minimum absolute atomic E-state index is 0.0737. The standard InChI is InChI=1S/C5H12N2O2S/c1-5(7-6-2)4-10(3,8)9/h5H,4H2,1-3H3. The Hall–Kier alpha value is -0.450. The molecule has 0 spiro atoms. The molecule has 0 radical (unpaired) electrons. The van der Waals surface area contributed by atoms with Gasteiger partial charge >= 0.3 is 0 Å². The van der Waals surface area contributed by atoms with Crippen molar-refractivity contribution < 1.29 is 8.42 Å². The Morgan fingerprint density at radius 3 is 2.30 bits per heavy atom. The van der Waals surface area contributed by atoms with E-state index in [9.17, 15) is 8.42 Å². The highest BCUT2D eigenvalue weighted by Gasteiger charge is 2.07. The van der Waals surface area contributed by atoms with Crippen LogP contribution in [0.2, 0.25) is 0 Å². The van der Waals surface area contributed by atoms with Crippen molar-refractivity contribution >= 4 is 9.84 Å². The third-order valence-electron chi connectivity index (χ3n) is 0.857. The van der Waals surface area contributed by atoms with E-state index in [1.54, 1.807) is 6.92 Å². The lowest BCUT2D eigenvalue weighted by atomic mass is 10.4. The van der Waals surface area contributed by atoms with Gasteiger partial charge in [0.25, 0.3) is 0 Å². The van der Waals surface area contributed by atoms with E-state index in [1.807, 2.05) is 0 Å². The molecule has 0 fully saturated rings. The van der Waals surface area contributed by atoms with Crippen molar-refractivity contribution in [2.75, 3.05) is 19.1 Å². The highest BCUT2D eigenvalue weighted by atomic mass is 32.2. The fourth-order valence-electron chi connectivity index (χ4n) is 0.669. The molecule has 0 aliphatic heterocycles. The highest BCUT2D eigenvalue weighted by Crippen LogP contribution is 1.94. The molecule has 1 atom stereocenters. The van der Waals surface area contributed by atoms with Gasteiger partial charge in [0.05, 0.1) is 11.8 Å². The zero-order valence-electron chi connectivity index (χ0n) is 6.40. The number of hydrogen-bond donors (Lipinski definition) is 0. The predicted octanol–water partition coefficient (Wildman–Crippen LogP) is 0.502. The zero-order valence-corrected chi connectivity index (χ0v) is 7.22. The molecule has 5 heteroatoms. The van der Waals surface area contributed by atoms with Gasteiger partial charge in [0.15, 0.2) is 0 Å². The number of hydrogen-bond acceptors (Lipinski definition) is 4. The van der Waals surface area contributed by atoms with Crippen LogP contribution in [0.4, 0.5) is 0 Å². The number of sulfone groups is 1. The van der Waals surface area contributed by atoms with Gasteiger partial charge in [-0.25, -0.2) is 8.42 Å². The Kier molecular flexibility index (Phi) is 3.49. The van der Waals surface area contributed by atoms with Crippen molar-refractivity contribution in [3.05, 3.63) is 0 Å². The average molecular weight is 164 g/mol. The quantitative estimate of drug-likeness (QED) is 0.570. The van der Waals surface area contributed by atoms with Crippen molar-refractivity contribution in [1.29, 1.82) is 0 Å². The first-order chi connectivity index (χ1) is 4.45. The van der Waals surface area contributed by atoms with Crippen LogP contribution in [0.5, 0.6) is 0 Å². The van der Waals surface area contributed by atoms with Crippen LogP contribution in [0.25, 0.3) is 0 Å². The third kappa shape index (κ3) is 5.68. The molecular formula is C5H12N2O2S. The van der Waals surface area contributed by atoms with Gasteiger partial charge in [-0.05, 0) is 6.92 Å². The van der Waals surface area contributed by atoms with Crippen LogP contribution in [-0.4, -0.2) is 33.5 Å². The molecule has 0 saturated carbocycles. The minimum atomic E-state index is -2.90. The zero-order chi connectivity index (χ0) is 8.20. The first kappa shape index (κ1) is 9.55. The van der Waals surface area contributed by atoms with E-state index in [0.717, 1.165) is 0 Å². The first-order valence-corrected chi connectivity index (χ1v) is 4.98. The summed E-state index contributed by atoms with van der Waals surface area (Å²) < 4.78 is 21.2. The topological polar surface area (TPSA) is 58.9 Å². The van der Waals surface area contributed by atoms with Crippen molar-refractivity contribution in [2.24, 2.45) is 10.2 Å². The smallest absolute Gasteiger partial charge is 0.149 e. The van der Waals surface area contributed by atoms with Gasteiger partial charge in [-0.1, -0.05) is 0 Å². The molecule has 0 bridgehead atoms. The Morgan fingerprint density at radius 1 is 1.50 bits per heavy atom. The van der Waals surface area contributed by atoms with Crippen LogP contribution >= 0.6 is 0 Å². The number of azo groups is 1. The highest BCUT2D eigenvalue weighted by molar-refractivity contribution is 7.90. The van der Waals surface area contributed by atoms with E-state index in [0.29, 0.717) is 0 Å². The molecule has 0 aromatic rings. The summed E-state index contributed by atoms with van der Waals surface area (Å²) in [6, 6.07) is -0.222. The molecule has 0 aliphatic rings. The Labute approximate surface area is 61.3 Å². The maximum absolute atomic E-state index is 10.6. The number of rotatable bonds is 3. The van der Waals surface area contributed by atoms with Gasteiger partial charge < -0.3 is 0 Å². The Morgan fingerprint density at radius 2 is 2.00 bits per heavy atom. The van der Waals surface area contributed by atoms with Crippen molar-refractivity contribution in [1.82, 2.24) is 0 Å². The van der Waals surface area contributed by atoms with Crippen LogP contribution in [0, 0.1) is 0 Å². The van der Waals surface area contributed by atoms with Gasteiger partial charge in [0.1, 0.15) is 9.84 Å². The lowest BCUT2D eigenvalue weighted by Gasteiger charge is -2.00. The van der Waals surface area contributed by atoms with Crippen molar-refractivity contribution in [3.8, 4) is 0 Å². The second-order valence-electron chi connectivity index (χ2n) is 2.26. The van der Waals surface area contributed by atoms with Gasteiger partial charge in [-0.3, -0.25) is 0 Å². The van der Waals surface area contributed by atoms with Gasteiger partial charge in [-0.15, -0.1) is 0 Å². The van der Waals surface area contributed by atoms with Gasteiger partial charge in [0, 0.05) is 13.3 Å². The molecule has 4 nitrogen and oxygen atoms in total. The largest absolute Gasteiger partial charge is 0.229 e. The molecule has 0 saturated heterocycles. The molecule has 60 valence electrons. The summed E-state index contributed by atoms with van der Waals surface area (Å²) in [7, 11) is -1.37. The summed E-state index contributed by atoms with van der Waals surface area (Å²) in [5.41, 5.74) is 0. The predicted molar refractivity (Wildman–Crippen MR) is 40.0 cm³/mol. The second-order valence-corrected chi connectivity index (χ2v) is 4.44. The van der Waals surface area contributed by atoms with Crippen LogP contribution in [0.1, 0.15) is 6.92 Å². The normalized spacial score (nSPS) is 15.9. The molecule has 0 amide bonds. The minimum Gasteiger partial charge on any atom is -0.229 e. The van der Waals surface area contributed by atoms with E-state index < -0.39 is 9.84 Å². The molecular weight excluding hydrogens is 152 g/mol. The summed E-state index contributed by atoms with van der Waals surface area (Å²) in [6.07, 6.45) is 1.19. The van der Waals surface area contributed by atoms with Crippen molar-refractivity contribution in [2.45, 2.75) is 13.0 Å². The van der Waals surface area contributed by atoms with E-state index in [2.05, 4.69) is 10.2 Å². The number of nitrogens with zero attached hydrogens (tertiary/aromatic N) is 2. The third-order valence-corrected chi connectivity index (χ3v) is 1.94. The molecule has 0 aromatic carbocycles.